The molecular weight excluding hydrogens is 649 g/mol. The molecule has 6 saturated heterocycles. The van der Waals surface area contributed by atoms with Crippen molar-refractivity contribution in [3.63, 3.8) is 0 Å². The van der Waals surface area contributed by atoms with Crippen LogP contribution in [0.15, 0.2) is 60.9 Å². The molecule has 4 unspecified atom stereocenters. The van der Waals surface area contributed by atoms with Gasteiger partial charge in [-0.2, -0.15) is 0 Å². The fraction of sp³-hybridized carbons (Fsp3) is 0.591. The third-order valence-electron chi connectivity index (χ3n) is 13.4. The molecule has 4 bridgehead atoms. The number of pyridine rings is 2. The number of nitrogens with zero attached hydrogens (tertiary/aromatic N) is 4. The average molecular weight is 707 g/mol. The van der Waals surface area contributed by atoms with E-state index >= 15 is 0 Å². The van der Waals surface area contributed by atoms with Gasteiger partial charge in [-0.25, -0.2) is 0 Å². The summed E-state index contributed by atoms with van der Waals surface area (Å²) in [5.74, 6) is 4.66. The number of ether oxygens (including phenoxy) is 2. The quantitative estimate of drug-likeness (QED) is 0.120. The summed E-state index contributed by atoms with van der Waals surface area (Å²) < 4.78 is 12.4. The summed E-state index contributed by atoms with van der Waals surface area (Å²) in [6, 6.07) is 16.5. The van der Waals surface area contributed by atoms with Crippen LogP contribution in [0.25, 0.3) is 21.8 Å². The van der Waals surface area contributed by atoms with Crippen molar-refractivity contribution in [3.8, 4) is 11.5 Å². The highest BCUT2D eigenvalue weighted by Gasteiger charge is 2.44. The molecule has 8 heterocycles. The van der Waals surface area contributed by atoms with E-state index in [0.717, 1.165) is 133 Å². The lowest BCUT2D eigenvalue weighted by atomic mass is 9.72. The summed E-state index contributed by atoms with van der Waals surface area (Å²) in [7, 11) is 0. The SMILES string of the molecule is CC[C@@H]1CN2CC[C@@H]1C[C@@H]2C(O)c1ccnc2ccc(OCCCCCCOc3ccc4nccc(C(O)[C@@H]5C[C@@H]6CCN5C[C@@H]6CC)c4c3)cc12. The van der Waals surface area contributed by atoms with Crippen LogP contribution >= 0.6 is 0 Å². The van der Waals surface area contributed by atoms with Gasteiger partial charge in [0.2, 0.25) is 0 Å². The van der Waals surface area contributed by atoms with Crippen LogP contribution in [0, 0.1) is 23.7 Å². The van der Waals surface area contributed by atoms with E-state index in [2.05, 4.69) is 45.7 Å². The van der Waals surface area contributed by atoms with Gasteiger partial charge in [0.25, 0.3) is 0 Å². The largest absolute Gasteiger partial charge is 0.494 e. The number of hydrogen-bond acceptors (Lipinski definition) is 8. The van der Waals surface area contributed by atoms with Crippen LogP contribution in [-0.4, -0.2) is 81.5 Å². The lowest BCUT2D eigenvalue weighted by Crippen LogP contribution is -2.55. The van der Waals surface area contributed by atoms with Gasteiger partial charge in [-0.3, -0.25) is 19.8 Å². The number of piperidine rings is 6. The first kappa shape index (κ1) is 35.7. The van der Waals surface area contributed by atoms with Gasteiger partial charge >= 0.3 is 0 Å². The Balaban J connectivity index is 0.803. The lowest BCUT2D eigenvalue weighted by molar-refractivity contribution is -0.0562. The van der Waals surface area contributed by atoms with Crippen molar-refractivity contribution < 1.29 is 19.7 Å². The molecule has 52 heavy (non-hydrogen) atoms. The van der Waals surface area contributed by atoms with E-state index in [9.17, 15) is 10.2 Å². The van der Waals surface area contributed by atoms with Gasteiger partial charge in [-0.05, 0) is 148 Å². The molecule has 8 nitrogen and oxygen atoms in total. The number of rotatable bonds is 15. The van der Waals surface area contributed by atoms with Crippen molar-refractivity contribution >= 4 is 21.8 Å². The minimum atomic E-state index is -0.521. The molecule has 0 amide bonds. The van der Waals surface area contributed by atoms with Crippen molar-refractivity contribution in [1.82, 2.24) is 19.8 Å². The topological polar surface area (TPSA) is 91.2 Å². The Hall–Kier alpha value is -3.30. The van der Waals surface area contributed by atoms with Gasteiger partial charge in [0.05, 0.1) is 36.5 Å². The Labute approximate surface area is 309 Å². The predicted octanol–water partition coefficient (Wildman–Crippen LogP) is 8.11. The maximum absolute atomic E-state index is 11.6. The Kier molecular flexibility index (Phi) is 11.0. The number of hydrogen-bond donors (Lipinski definition) is 2. The zero-order valence-electron chi connectivity index (χ0n) is 31.2. The third-order valence-corrected chi connectivity index (χ3v) is 13.4. The van der Waals surface area contributed by atoms with E-state index in [1.807, 2.05) is 48.8 Å². The second-order valence-electron chi connectivity index (χ2n) is 16.2. The number of aromatic nitrogens is 2. The van der Waals surface area contributed by atoms with Crippen molar-refractivity contribution in [2.24, 2.45) is 23.7 Å². The molecule has 6 fully saturated rings. The third kappa shape index (κ3) is 7.29. The second kappa shape index (κ2) is 16.0. The van der Waals surface area contributed by atoms with E-state index in [0.29, 0.717) is 13.2 Å². The molecule has 0 aliphatic carbocycles. The van der Waals surface area contributed by atoms with E-state index in [1.165, 1.54) is 25.7 Å². The highest BCUT2D eigenvalue weighted by molar-refractivity contribution is 5.84. The molecular formula is C44H58N4O4. The molecule has 0 saturated carbocycles. The van der Waals surface area contributed by atoms with E-state index in [-0.39, 0.29) is 12.1 Å². The van der Waals surface area contributed by atoms with Gasteiger partial charge in [-0.1, -0.05) is 26.7 Å². The van der Waals surface area contributed by atoms with Gasteiger partial charge in [-0.15, -0.1) is 0 Å². The summed E-state index contributed by atoms with van der Waals surface area (Å²) >= 11 is 0. The van der Waals surface area contributed by atoms with Gasteiger partial charge in [0.1, 0.15) is 11.5 Å². The molecule has 6 aliphatic rings. The van der Waals surface area contributed by atoms with E-state index in [1.54, 1.807) is 0 Å². The normalized spacial score (nSPS) is 29.4. The van der Waals surface area contributed by atoms with Crippen LogP contribution in [0.2, 0.25) is 0 Å². The van der Waals surface area contributed by atoms with Gasteiger partial charge in [0, 0.05) is 48.3 Å². The fourth-order valence-corrected chi connectivity index (χ4v) is 10.3. The summed E-state index contributed by atoms with van der Waals surface area (Å²) in [5.41, 5.74) is 3.74. The number of unbranched alkanes of at least 4 members (excludes halogenated alkanes) is 3. The first-order valence-electron chi connectivity index (χ1n) is 20.4. The van der Waals surface area contributed by atoms with Crippen molar-refractivity contribution in [2.45, 2.75) is 102 Å². The van der Waals surface area contributed by atoms with Crippen molar-refractivity contribution in [2.75, 3.05) is 39.4 Å². The van der Waals surface area contributed by atoms with Gasteiger partial charge < -0.3 is 19.7 Å². The molecule has 278 valence electrons. The zero-order chi connectivity index (χ0) is 35.6. The smallest absolute Gasteiger partial charge is 0.120 e. The molecule has 10 rings (SSSR count). The minimum absolute atomic E-state index is 0.179. The van der Waals surface area contributed by atoms with Crippen LogP contribution in [0.5, 0.6) is 11.5 Å². The monoisotopic (exact) mass is 706 g/mol. The first-order chi connectivity index (χ1) is 25.5. The number of aliphatic hydroxyl groups is 2. The molecule has 4 aromatic rings. The molecule has 2 N–H and O–H groups in total. The Morgan fingerprint density at radius 3 is 1.52 bits per heavy atom. The van der Waals surface area contributed by atoms with Crippen LogP contribution < -0.4 is 9.47 Å². The van der Waals surface area contributed by atoms with Crippen LogP contribution in [-0.2, 0) is 0 Å². The molecule has 2 aromatic carbocycles. The molecule has 6 aliphatic heterocycles. The Morgan fingerprint density at radius 2 is 1.12 bits per heavy atom. The maximum atomic E-state index is 11.6. The maximum Gasteiger partial charge on any atom is 0.120 e. The second-order valence-corrected chi connectivity index (χ2v) is 16.2. The zero-order valence-corrected chi connectivity index (χ0v) is 31.2. The van der Waals surface area contributed by atoms with E-state index < -0.39 is 12.2 Å². The molecule has 10 atom stereocenters. The van der Waals surface area contributed by atoms with Crippen LogP contribution in [0.1, 0.15) is 101 Å². The highest BCUT2D eigenvalue weighted by Crippen LogP contribution is 2.44. The molecule has 2 aromatic heterocycles. The van der Waals surface area contributed by atoms with Crippen molar-refractivity contribution in [1.29, 1.82) is 0 Å². The number of aliphatic hydroxyl groups excluding tert-OH is 2. The predicted molar refractivity (Wildman–Crippen MR) is 207 cm³/mol. The Morgan fingerprint density at radius 1 is 0.654 bits per heavy atom. The molecule has 0 radical (unpaired) electrons. The highest BCUT2D eigenvalue weighted by atomic mass is 16.5. The number of benzene rings is 2. The van der Waals surface area contributed by atoms with Crippen molar-refractivity contribution in [3.05, 3.63) is 72.1 Å². The van der Waals surface area contributed by atoms with Crippen LogP contribution in [0.3, 0.4) is 0 Å². The molecule has 0 spiro atoms. The summed E-state index contributed by atoms with van der Waals surface area (Å²) in [6.07, 6.45) is 13.8. The lowest BCUT2D eigenvalue weighted by Gasteiger charge is -2.51. The van der Waals surface area contributed by atoms with E-state index in [4.69, 9.17) is 9.47 Å². The summed E-state index contributed by atoms with van der Waals surface area (Å²) in [4.78, 5) is 14.2. The first-order valence-corrected chi connectivity index (χ1v) is 20.4. The standard InChI is InChI=1S/C44H58N4O4/c1-3-29-27-47-19-15-31(29)23-41(47)43(49)35-13-17-45-39-11-9-33(25-37(35)39)51-21-7-5-6-8-22-52-34-10-12-40-38(26-34)36(14-18-46-40)44(50)42-24-32-16-20-48(42)28-30(32)4-2/h9-14,17-18,25-26,29-32,41-44,49-50H,3-8,15-16,19-24,27-28H2,1-2H3/t29-,30+,31-,32+,41-,42+,43?,44?. The fourth-order valence-electron chi connectivity index (χ4n) is 10.3. The summed E-state index contributed by atoms with van der Waals surface area (Å²) in [5, 5.41) is 25.3. The average Bonchev–Trinajstić information content (AvgIpc) is 3.20. The number of fused-ring (bicyclic) bond motifs is 8. The Bertz CT molecular complexity index is 1690. The van der Waals surface area contributed by atoms with Gasteiger partial charge in [0.15, 0.2) is 0 Å². The molecule has 8 heteroatoms. The summed E-state index contributed by atoms with van der Waals surface area (Å²) in [6.45, 7) is 10.3. The van der Waals surface area contributed by atoms with Crippen LogP contribution in [0.4, 0.5) is 0 Å². The minimum Gasteiger partial charge on any atom is -0.494 e.